The molecule has 0 aliphatic carbocycles. The third-order valence-corrected chi connectivity index (χ3v) is 21.7. The summed E-state index contributed by atoms with van der Waals surface area (Å²) in [6, 6.07) is 20.3. The molecule has 216 valence electrons. The van der Waals surface area contributed by atoms with Crippen LogP contribution in [0, 0.1) is 0 Å². The largest absolute Gasteiger partial charge is 0.494 e. The number of ether oxygens (including phenoxy) is 3. The minimum atomic E-state index is -1.65. The van der Waals surface area contributed by atoms with Gasteiger partial charge in [0.25, 0.3) is 0 Å². The molecule has 2 heterocycles. The van der Waals surface area contributed by atoms with E-state index in [-0.39, 0.29) is 0 Å². The Kier molecular flexibility index (Phi) is 11.7. The molecule has 7 nitrogen and oxygen atoms in total. The van der Waals surface area contributed by atoms with Gasteiger partial charge in [0.2, 0.25) is 0 Å². The van der Waals surface area contributed by atoms with Crippen LogP contribution in [0.1, 0.15) is 25.7 Å². The number of hydrogen-bond donors (Lipinski definition) is 0. The smallest absolute Gasteiger partial charge is 0.307 e. The van der Waals surface area contributed by atoms with Crippen LogP contribution in [0.2, 0.25) is 50.4 Å². The maximum absolute atomic E-state index is 6.36. The monoisotopic (exact) mass is 606 g/mol. The maximum atomic E-state index is 6.36. The number of hydrogen-bond acceptors (Lipinski definition) is 7. The molecule has 2 fully saturated rings. The Morgan fingerprint density at radius 3 is 1.44 bits per heavy atom. The molecule has 0 aromatic heterocycles. The summed E-state index contributed by atoms with van der Waals surface area (Å²) in [5.41, 5.74) is 0. The molecule has 4 unspecified atom stereocenters. The summed E-state index contributed by atoms with van der Waals surface area (Å²) in [5, 5.41) is 0. The average molecular weight is 607 g/mol. The molecule has 2 aromatic rings. The molecule has 0 amide bonds. The van der Waals surface area contributed by atoms with Crippen LogP contribution < -0.4 is 14.2 Å². The standard InChI is InChI=1S/C28H46O7Si4/c1-36-31-19-7-23-38(3,34-36)21-5-17-29-25-9-13-27(14-10-25)33-28-15-11-26(12-16-28)30-18-6-22-39(4)24-8-20-32-37(2)35-39/h9-16,36-37H,5-8,17-24H2,1-4H3. The Morgan fingerprint density at radius 2 is 1.03 bits per heavy atom. The van der Waals surface area contributed by atoms with E-state index in [1.807, 2.05) is 48.5 Å². The van der Waals surface area contributed by atoms with Gasteiger partial charge in [-0.05, 0) is 125 Å². The molecule has 0 saturated carbocycles. The summed E-state index contributed by atoms with van der Waals surface area (Å²) in [4.78, 5) is 0. The van der Waals surface area contributed by atoms with Crippen LogP contribution in [0.4, 0.5) is 0 Å². The molecular weight excluding hydrogens is 561 g/mol. The van der Waals surface area contributed by atoms with E-state index in [2.05, 4.69) is 26.2 Å². The molecule has 39 heavy (non-hydrogen) atoms. The first kappa shape index (κ1) is 30.5. The first-order chi connectivity index (χ1) is 18.8. The van der Waals surface area contributed by atoms with Crippen molar-refractivity contribution in [1.29, 1.82) is 0 Å². The van der Waals surface area contributed by atoms with E-state index in [4.69, 9.17) is 31.3 Å². The molecule has 2 aromatic carbocycles. The highest BCUT2D eigenvalue weighted by Gasteiger charge is 2.34. The first-order valence-electron chi connectivity index (χ1n) is 14.5. The zero-order valence-electron chi connectivity index (χ0n) is 24.1. The van der Waals surface area contributed by atoms with Gasteiger partial charge in [0.05, 0.1) is 13.2 Å². The van der Waals surface area contributed by atoms with Crippen molar-refractivity contribution in [2.45, 2.75) is 76.0 Å². The Labute approximate surface area is 240 Å². The molecule has 11 heteroatoms. The van der Waals surface area contributed by atoms with Gasteiger partial charge in [-0.25, -0.2) is 0 Å². The van der Waals surface area contributed by atoms with Crippen molar-refractivity contribution in [2.24, 2.45) is 0 Å². The topological polar surface area (TPSA) is 64.6 Å². The zero-order chi connectivity index (χ0) is 27.6. The van der Waals surface area contributed by atoms with Crippen LogP contribution in [0.3, 0.4) is 0 Å². The second kappa shape index (κ2) is 15.0. The highest BCUT2D eigenvalue weighted by atomic mass is 28.4. The second-order valence-corrected chi connectivity index (χ2v) is 23.8. The van der Waals surface area contributed by atoms with Crippen LogP contribution in [-0.2, 0) is 17.1 Å². The zero-order valence-corrected chi connectivity index (χ0v) is 28.4. The van der Waals surface area contributed by atoms with Crippen LogP contribution in [0.15, 0.2) is 48.5 Å². The van der Waals surface area contributed by atoms with Gasteiger partial charge in [-0.15, -0.1) is 0 Å². The number of rotatable bonds is 12. The van der Waals surface area contributed by atoms with Crippen molar-refractivity contribution in [1.82, 2.24) is 0 Å². The highest BCUT2D eigenvalue weighted by molar-refractivity contribution is 6.78. The van der Waals surface area contributed by atoms with Gasteiger partial charge in [-0.2, -0.15) is 0 Å². The first-order valence-corrected chi connectivity index (χ1v) is 24.4. The van der Waals surface area contributed by atoms with Crippen LogP contribution in [0.5, 0.6) is 23.0 Å². The Hall–Kier alpha value is -1.45. The van der Waals surface area contributed by atoms with Gasteiger partial charge in [0.1, 0.15) is 23.0 Å². The van der Waals surface area contributed by atoms with E-state index in [1.165, 1.54) is 12.1 Å². The summed E-state index contributed by atoms with van der Waals surface area (Å²) in [6.45, 7) is 12.1. The average Bonchev–Trinajstić information content (AvgIpc) is 3.20. The van der Waals surface area contributed by atoms with E-state index < -0.39 is 35.2 Å². The third-order valence-electron chi connectivity index (χ3n) is 7.43. The van der Waals surface area contributed by atoms with Gasteiger partial charge in [0.15, 0.2) is 16.6 Å². The van der Waals surface area contributed by atoms with Crippen molar-refractivity contribution in [2.75, 3.05) is 26.4 Å². The molecule has 4 rings (SSSR count). The fourth-order valence-corrected chi connectivity index (χ4v) is 19.3. The van der Waals surface area contributed by atoms with Gasteiger partial charge in [-0.3, -0.25) is 0 Å². The third kappa shape index (κ3) is 10.5. The van der Waals surface area contributed by atoms with Gasteiger partial charge < -0.3 is 31.3 Å². The van der Waals surface area contributed by atoms with Crippen LogP contribution >= 0.6 is 0 Å². The fourth-order valence-electron chi connectivity index (χ4n) is 5.36. The molecule has 0 bridgehead atoms. The van der Waals surface area contributed by atoms with Crippen LogP contribution in [0.25, 0.3) is 0 Å². The Morgan fingerprint density at radius 1 is 0.641 bits per heavy atom. The fraction of sp³-hybridized carbons (Fsp3) is 0.571. The van der Waals surface area contributed by atoms with Gasteiger partial charge in [-0.1, -0.05) is 0 Å². The van der Waals surface area contributed by atoms with E-state index in [0.29, 0.717) is 13.2 Å². The summed E-state index contributed by atoms with van der Waals surface area (Å²) < 4.78 is 42.3. The van der Waals surface area contributed by atoms with Gasteiger partial charge in [0, 0.05) is 13.2 Å². The van der Waals surface area contributed by atoms with Crippen molar-refractivity contribution in [3.05, 3.63) is 48.5 Å². The van der Waals surface area contributed by atoms with Crippen LogP contribution in [-0.4, -0.2) is 61.6 Å². The molecule has 2 aliphatic rings. The number of benzene rings is 2. The summed E-state index contributed by atoms with van der Waals surface area (Å²) in [5.74, 6) is 3.29. The second-order valence-electron chi connectivity index (χ2n) is 11.2. The Bertz CT molecular complexity index is 917. The minimum Gasteiger partial charge on any atom is -0.494 e. The van der Waals surface area contributed by atoms with Crippen molar-refractivity contribution < 1.29 is 31.3 Å². The molecule has 4 atom stereocenters. The molecule has 0 spiro atoms. The lowest BCUT2D eigenvalue weighted by atomic mass is 10.3. The van der Waals surface area contributed by atoms with Crippen molar-refractivity contribution in [3.8, 4) is 23.0 Å². The normalized spacial score (nSPS) is 27.8. The summed E-state index contributed by atoms with van der Waals surface area (Å²) in [6.07, 6.45) is 4.29. The van der Waals surface area contributed by atoms with E-state index in [9.17, 15) is 0 Å². The van der Waals surface area contributed by atoms with E-state index in [0.717, 1.165) is 74.0 Å². The maximum Gasteiger partial charge on any atom is 0.307 e. The predicted octanol–water partition coefficient (Wildman–Crippen LogP) is 6.74. The lowest BCUT2D eigenvalue weighted by Gasteiger charge is -2.27. The lowest BCUT2D eigenvalue weighted by Crippen LogP contribution is -2.38. The van der Waals surface area contributed by atoms with E-state index in [1.54, 1.807) is 0 Å². The predicted molar refractivity (Wildman–Crippen MR) is 165 cm³/mol. The summed E-state index contributed by atoms with van der Waals surface area (Å²) >= 11 is 0. The molecular formula is C28H46O7Si4. The molecule has 2 aliphatic heterocycles. The molecule has 0 radical (unpaired) electrons. The lowest BCUT2D eigenvalue weighted by molar-refractivity contribution is 0.282. The van der Waals surface area contributed by atoms with Crippen molar-refractivity contribution in [3.63, 3.8) is 0 Å². The van der Waals surface area contributed by atoms with E-state index >= 15 is 0 Å². The van der Waals surface area contributed by atoms with Gasteiger partial charge >= 0.3 is 18.6 Å². The Balaban J connectivity index is 1.14. The summed E-state index contributed by atoms with van der Waals surface area (Å²) in [7, 11) is -6.17. The molecule has 2 saturated heterocycles. The minimum absolute atomic E-state index is 0.703. The molecule has 0 N–H and O–H groups in total. The van der Waals surface area contributed by atoms with Crippen molar-refractivity contribution >= 4 is 35.2 Å². The SMILES string of the molecule is C[SiH]1OCCC[Si](C)(CCCOc2ccc(Oc3ccc(OCCC[Si]4(C)CCCO[SiH](C)O4)cc3)cc2)O1. The highest BCUT2D eigenvalue weighted by Crippen LogP contribution is 2.29. The quantitative estimate of drug-likeness (QED) is 0.196.